The Morgan fingerprint density at radius 2 is 0.837 bits per heavy atom. The number of benzene rings is 5. The average molecular weight is 642 g/mol. The van der Waals surface area contributed by atoms with Crippen LogP contribution in [0.25, 0.3) is 21.5 Å². The smallest absolute Gasteiger partial charge is 0.294 e. The molecule has 0 radical (unpaired) electrons. The Morgan fingerprint density at radius 3 is 1.35 bits per heavy atom. The van der Waals surface area contributed by atoms with Crippen LogP contribution in [-0.4, -0.2) is 38.9 Å². The van der Waals surface area contributed by atoms with Crippen LogP contribution in [0.2, 0.25) is 0 Å². The van der Waals surface area contributed by atoms with Crippen molar-refractivity contribution in [2.75, 3.05) is 5.73 Å². The SMILES string of the molecule is Nc1ccc(/N=N/c2ccc(/N=N/c3ccc(S(=O)(=O)O)cc3)c3cc(S(=O)(=O)O)ccc23)c2cc(S(=O)(=O)O)ccc12. The van der Waals surface area contributed by atoms with E-state index in [0.29, 0.717) is 21.8 Å². The number of rotatable bonds is 7. The van der Waals surface area contributed by atoms with Crippen molar-refractivity contribution >= 4 is 80.3 Å². The van der Waals surface area contributed by atoms with Crippen molar-refractivity contribution in [2.45, 2.75) is 14.7 Å². The molecule has 5 aromatic rings. The number of nitrogens with zero attached hydrogens (tertiary/aromatic N) is 4. The number of fused-ring (bicyclic) bond motifs is 2. The third-order valence-corrected chi connectivity index (χ3v) is 8.78. The molecule has 0 aliphatic rings. The minimum absolute atomic E-state index is 0.161. The van der Waals surface area contributed by atoms with E-state index in [-0.39, 0.29) is 37.9 Å². The van der Waals surface area contributed by atoms with Gasteiger partial charge in [-0.3, -0.25) is 13.7 Å². The summed E-state index contributed by atoms with van der Waals surface area (Å²) in [6.07, 6.45) is 0. The second kappa shape index (κ2) is 10.9. The summed E-state index contributed by atoms with van der Waals surface area (Å²) in [4.78, 5) is -1.13. The van der Waals surface area contributed by atoms with Gasteiger partial charge in [0.2, 0.25) is 0 Å². The van der Waals surface area contributed by atoms with Crippen molar-refractivity contribution in [3.8, 4) is 0 Å². The highest BCUT2D eigenvalue weighted by Crippen LogP contribution is 2.38. The summed E-state index contributed by atoms with van der Waals surface area (Å²) in [6.45, 7) is 0. The maximum atomic E-state index is 11.8. The van der Waals surface area contributed by atoms with E-state index in [4.69, 9.17) is 10.3 Å². The van der Waals surface area contributed by atoms with Gasteiger partial charge in [0.25, 0.3) is 30.4 Å². The molecule has 0 amide bonds. The molecule has 5 N–H and O–H groups in total. The summed E-state index contributed by atoms with van der Waals surface area (Å²) < 4.78 is 97.8. The van der Waals surface area contributed by atoms with Crippen LogP contribution in [0.5, 0.6) is 0 Å². The number of nitrogen functional groups attached to an aromatic ring is 1. The molecule has 43 heavy (non-hydrogen) atoms. The van der Waals surface area contributed by atoms with Gasteiger partial charge in [0.15, 0.2) is 0 Å². The van der Waals surface area contributed by atoms with Gasteiger partial charge in [0.05, 0.1) is 37.4 Å². The Balaban J connectivity index is 1.61. The van der Waals surface area contributed by atoms with Crippen molar-refractivity contribution in [1.29, 1.82) is 0 Å². The molecule has 14 nitrogen and oxygen atoms in total. The zero-order chi connectivity index (χ0) is 31.2. The van der Waals surface area contributed by atoms with Gasteiger partial charge in [-0.15, -0.1) is 15.3 Å². The van der Waals surface area contributed by atoms with Crippen LogP contribution in [0.4, 0.5) is 28.4 Å². The van der Waals surface area contributed by atoms with Gasteiger partial charge in [-0.05, 0) is 72.8 Å². The van der Waals surface area contributed by atoms with Gasteiger partial charge < -0.3 is 5.73 Å². The number of azo groups is 2. The largest absolute Gasteiger partial charge is 0.398 e. The number of hydrogen-bond donors (Lipinski definition) is 4. The van der Waals surface area contributed by atoms with E-state index in [1.807, 2.05) is 0 Å². The average Bonchev–Trinajstić information content (AvgIpc) is 2.94. The third kappa shape index (κ3) is 6.41. The van der Waals surface area contributed by atoms with E-state index in [2.05, 4.69) is 20.5 Å². The molecule has 5 aromatic carbocycles. The summed E-state index contributed by atoms with van der Waals surface area (Å²) in [6, 6.07) is 18.4. The van der Waals surface area contributed by atoms with Crippen LogP contribution < -0.4 is 5.73 Å². The van der Waals surface area contributed by atoms with Gasteiger partial charge in [-0.1, -0.05) is 12.1 Å². The first-order chi connectivity index (χ1) is 20.1. The number of hydrogen-bond acceptors (Lipinski definition) is 11. The molecule has 5 rings (SSSR count). The predicted octanol–water partition coefficient (Wildman–Crippen LogP) is 6.15. The molecule has 0 aromatic heterocycles. The molecule has 0 saturated carbocycles. The Morgan fingerprint density at radius 1 is 0.442 bits per heavy atom. The molecule has 220 valence electrons. The molecule has 0 bridgehead atoms. The first-order valence-electron chi connectivity index (χ1n) is 11.9. The Hall–Kier alpha value is -4.65. The highest BCUT2D eigenvalue weighted by molar-refractivity contribution is 7.86. The standard InChI is InChI=1S/C26H19N5O9S3/c27-23-9-10-25(21-13-17(42(35,36)37)5-7-19(21)23)31-30-24-11-12-26(22-14-18(43(38,39)40)6-8-20(22)24)29-28-15-1-3-16(4-2-15)41(32,33)34/h1-14H,27H2,(H,32,33,34)(H,35,36,37)(H,38,39,40)/b29-28+,31-30+. The molecular formula is C26H19N5O9S3. The van der Waals surface area contributed by atoms with Gasteiger partial charge in [-0.2, -0.15) is 30.4 Å². The second-order valence-electron chi connectivity index (χ2n) is 9.01. The molecule has 0 unspecified atom stereocenters. The van der Waals surface area contributed by atoms with Crippen LogP contribution in [-0.2, 0) is 30.4 Å². The lowest BCUT2D eigenvalue weighted by molar-refractivity contribution is 0.481. The summed E-state index contributed by atoms with van der Waals surface area (Å²) in [7, 11) is -13.5. The van der Waals surface area contributed by atoms with Gasteiger partial charge in [0, 0.05) is 27.2 Å². The lowest BCUT2D eigenvalue weighted by Gasteiger charge is -2.08. The molecule has 0 spiro atoms. The van der Waals surface area contributed by atoms with E-state index >= 15 is 0 Å². The van der Waals surface area contributed by atoms with Crippen LogP contribution in [0.3, 0.4) is 0 Å². The van der Waals surface area contributed by atoms with Gasteiger partial charge in [0.1, 0.15) is 0 Å². The quantitative estimate of drug-likeness (QED) is 0.0898. The van der Waals surface area contributed by atoms with Crippen LogP contribution in [0.1, 0.15) is 0 Å². The molecule has 0 aliphatic carbocycles. The lowest BCUT2D eigenvalue weighted by Crippen LogP contribution is -1.98. The summed E-state index contributed by atoms with van der Waals surface area (Å²) in [5, 5.41) is 18.0. The van der Waals surface area contributed by atoms with E-state index in [1.165, 1.54) is 54.6 Å². The van der Waals surface area contributed by atoms with Crippen molar-refractivity contribution in [3.63, 3.8) is 0 Å². The molecule has 17 heteroatoms. The topological polar surface area (TPSA) is 239 Å². The summed E-state index contributed by atoms with van der Waals surface area (Å²) in [5.74, 6) is 0. The summed E-state index contributed by atoms with van der Waals surface area (Å²) in [5.41, 5.74) is 7.19. The monoisotopic (exact) mass is 641 g/mol. The van der Waals surface area contributed by atoms with E-state index in [0.717, 1.165) is 24.3 Å². The molecule has 0 aliphatic heterocycles. The molecule has 0 fully saturated rings. The van der Waals surface area contributed by atoms with Crippen LogP contribution in [0.15, 0.2) is 120 Å². The highest BCUT2D eigenvalue weighted by Gasteiger charge is 2.16. The first kappa shape index (κ1) is 29.8. The maximum Gasteiger partial charge on any atom is 0.294 e. The van der Waals surface area contributed by atoms with E-state index < -0.39 is 35.2 Å². The predicted molar refractivity (Wildman–Crippen MR) is 157 cm³/mol. The molecule has 0 heterocycles. The minimum Gasteiger partial charge on any atom is -0.398 e. The van der Waals surface area contributed by atoms with Gasteiger partial charge in [-0.25, -0.2) is 0 Å². The fourth-order valence-electron chi connectivity index (χ4n) is 4.12. The van der Waals surface area contributed by atoms with Crippen molar-refractivity contribution in [3.05, 3.63) is 84.9 Å². The molecular weight excluding hydrogens is 623 g/mol. The van der Waals surface area contributed by atoms with E-state index in [9.17, 15) is 34.4 Å². The van der Waals surface area contributed by atoms with Crippen LogP contribution >= 0.6 is 0 Å². The Labute approximate surface area is 244 Å². The van der Waals surface area contributed by atoms with Crippen molar-refractivity contribution in [2.24, 2.45) is 20.5 Å². The second-order valence-corrected chi connectivity index (χ2v) is 13.3. The van der Waals surface area contributed by atoms with E-state index in [1.54, 1.807) is 6.07 Å². The maximum absolute atomic E-state index is 11.8. The third-order valence-electron chi connectivity index (χ3n) is 6.21. The number of nitrogens with two attached hydrogens (primary N) is 1. The lowest BCUT2D eigenvalue weighted by atomic mass is 10.1. The van der Waals surface area contributed by atoms with Crippen molar-refractivity contribution < 1.29 is 38.9 Å². The Kier molecular flexibility index (Phi) is 7.55. The first-order valence-corrected chi connectivity index (χ1v) is 16.2. The Bertz CT molecular complexity index is 2320. The zero-order valence-corrected chi connectivity index (χ0v) is 23.9. The molecule has 0 saturated heterocycles. The molecule has 0 atom stereocenters. The van der Waals surface area contributed by atoms with Crippen molar-refractivity contribution in [1.82, 2.24) is 0 Å². The normalized spacial score (nSPS) is 13.0. The number of anilines is 1. The van der Waals surface area contributed by atoms with Gasteiger partial charge >= 0.3 is 0 Å². The summed E-state index contributed by atoms with van der Waals surface area (Å²) >= 11 is 0. The fraction of sp³-hybridized carbons (Fsp3) is 0. The fourth-order valence-corrected chi connectivity index (χ4v) is 5.61. The minimum atomic E-state index is -4.60. The highest BCUT2D eigenvalue weighted by atomic mass is 32.2. The zero-order valence-electron chi connectivity index (χ0n) is 21.5. The van der Waals surface area contributed by atoms with Crippen LogP contribution in [0, 0.1) is 0 Å².